The molecule has 2 aromatic rings. The molecule has 0 radical (unpaired) electrons. The van der Waals surface area contributed by atoms with E-state index >= 15 is 0 Å². The molecule has 0 amide bonds. The van der Waals surface area contributed by atoms with Crippen LogP contribution in [0.4, 0.5) is 0 Å². The van der Waals surface area contributed by atoms with Crippen LogP contribution in [0.1, 0.15) is 24.2 Å². The molecule has 2 fully saturated rings. The van der Waals surface area contributed by atoms with Gasteiger partial charge in [-0.1, -0.05) is 29.8 Å². The van der Waals surface area contributed by atoms with Gasteiger partial charge in [0.15, 0.2) is 0 Å². The molecule has 120 valence electrons. The monoisotopic (exact) mass is 307 g/mol. The van der Waals surface area contributed by atoms with Crippen molar-refractivity contribution in [2.45, 2.75) is 32.7 Å². The highest BCUT2D eigenvalue weighted by molar-refractivity contribution is 5.60. The molecule has 0 bridgehead atoms. The van der Waals surface area contributed by atoms with Crippen LogP contribution in [0.5, 0.6) is 0 Å². The Hall–Kier alpha value is -1.61. The predicted octanol–water partition coefficient (Wildman–Crippen LogP) is 3.37. The van der Waals surface area contributed by atoms with Crippen LogP contribution in [-0.4, -0.2) is 34.1 Å². The van der Waals surface area contributed by atoms with Crippen molar-refractivity contribution in [1.82, 2.24) is 14.5 Å². The molecule has 1 aliphatic carbocycles. The Balaban J connectivity index is 1.39. The van der Waals surface area contributed by atoms with E-state index in [2.05, 4.69) is 46.9 Å². The number of likely N-dealkylation sites (tertiary alicyclic amines) is 1. The van der Waals surface area contributed by atoms with Gasteiger partial charge in [0.05, 0.1) is 11.9 Å². The molecular weight excluding hydrogens is 282 g/mol. The summed E-state index contributed by atoms with van der Waals surface area (Å²) >= 11 is 0. The van der Waals surface area contributed by atoms with Crippen molar-refractivity contribution in [1.29, 1.82) is 0 Å². The van der Waals surface area contributed by atoms with Gasteiger partial charge < -0.3 is 9.47 Å². The molecule has 0 unspecified atom stereocenters. The number of fused-ring (bicyclic) bond motifs is 2. The minimum absolute atomic E-state index is 0.819. The second-order valence-corrected chi connectivity index (χ2v) is 7.92. The molecule has 3 heterocycles. The Morgan fingerprint density at radius 2 is 1.83 bits per heavy atom. The summed E-state index contributed by atoms with van der Waals surface area (Å²) in [6.07, 6.45) is 6.18. The molecule has 1 saturated carbocycles. The Kier molecular flexibility index (Phi) is 3.12. The first kappa shape index (κ1) is 13.8. The summed E-state index contributed by atoms with van der Waals surface area (Å²) in [4.78, 5) is 7.49. The van der Waals surface area contributed by atoms with Gasteiger partial charge in [0.25, 0.3) is 0 Å². The van der Waals surface area contributed by atoms with Gasteiger partial charge in [0.2, 0.25) is 0 Å². The van der Waals surface area contributed by atoms with Crippen LogP contribution in [0.25, 0.3) is 11.3 Å². The maximum atomic E-state index is 4.76. The largest absolute Gasteiger partial charge is 0.328 e. The minimum atomic E-state index is 0.819. The van der Waals surface area contributed by atoms with E-state index in [4.69, 9.17) is 4.98 Å². The number of benzene rings is 1. The SMILES string of the molecule is Cc1ccc(-c2cnc3n2C[C@H]2CN(CC4CC4)C[C@@H]2C3)cc1. The number of aryl methyl sites for hydroxylation is 1. The summed E-state index contributed by atoms with van der Waals surface area (Å²) in [5.41, 5.74) is 3.93. The zero-order valence-corrected chi connectivity index (χ0v) is 13.9. The summed E-state index contributed by atoms with van der Waals surface area (Å²) in [5.74, 6) is 3.96. The lowest BCUT2D eigenvalue weighted by Crippen LogP contribution is -2.28. The smallest absolute Gasteiger partial charge is 0.109 e. The molecule has 2 aliphatic heterocycles. The Labute approximate surface area is 138 Å². The standard InChI is InChI=1S/C20H25N3/c1-14-2-6-16(7-3-14)19-9-21-20-8-17-11-22(10-15-4-5-15)12-18(17)13-23(19)20/h2-3,6-7,9,15,17-18H,4-5,8,10-13H2,1H3/t17-,18+/m0/s1. The number of hydrogen-bond donors (Lipinski definition) is 0. The second kappa shape index (κ2) is 5.20. The number of aromatic nitrogens is 2. The van der Waals surface area contributed by atoms with Crippen molar-refractivity contribution < 1.29 is 0 Å². The topological polar surface area (TPSA) is 21.1 Å². The van der Waals surface area contributed by atoms with Crippen LogP contribution in [0.15, 0.2) is 30.5 Å². The second-order valence-electron chi connectivity index (χ2n) is 7.92. The molecule has 0 spiro atoms. The normalized spacial score (nSPS) is 27.0. The van der Waals surface area contributed by atoms with Crippen LogP contribution in [-0.2, 0) is 13.0 Å². The van der Waals surface area contributed by atoms with Gasteiger partial charge in [-0.05, 0) is 43.1 Å². The summed E-state index contributed by atoms with van der Waals surface area (Å²) in [5, 5.41) is 0. The molecule has 0 N–H and O–H groups in total. The highest BCUT2D eigenvalue weighted by Gasteiger charge is 2.39. The minimum Gasteiger partial charge on any atom is -0.328 e. The van der Waals surface area contributed by atoms with Crippen LogP contribution in [0, 0.1) is 24.7 Å². The average molecular weight is 307 g/mol. The van der Waals surface area contributed by atoms with Crippen molar-refractivity contribution in [3.8, 4) is 11.3 Å². The molecule has 3 aliphatic rings. The van der Waals surface area contributed by atoms with E-state index in [1.807, 2.05) is 0 Å². The maximum Gasteiger partial charge on any atom is 0.109 e. The summed E-state index contributed by atoms with van der Waals surface area (Å²) in [6, 6.07) is 8.88. The lowest BCUT2D eigenvalue weighted by molar-refractivity contribution is 0.303. The third kappa shape index (κ3) is 2.51. The van der Waals surface area contributed by atoms with E-state index in [-0.39, 0.29) is 0 Å². The van der Waals surface area contributed by atoms with Crippen molar-refractivity contribution >= 4 is 0 Å². The lowest BCUT2D eigenvalue weighted by Gasteiger charge is -2.27. The molecule has 5 rings (SSSR count). The number of rotatable bonds is 3. The van der Waals surface area contributed by atoms with Gasteiger partial charge in [-0.15, -0.1) is 0 Å². The molecule has 1 aromatic heterocycles. The van der Waals surface area contributed by atoms with E-state index in [9.17, 15) is 0 Å². The fourth-order valence-corrected chi connectivity index (χ4v) is 4.49. The Bertz CT molecular complexity index is 711. The highest BCUT2D eigenvalue weighted by atomic mass is 15.2. The number of hydrogen-bond acceptors (Lipinski definition) is 2. The fraction of sp³-hybridized carbons (Fsp3) is 0.550. The van der Waals surface area contributed by atoms with Crippen molar-refractivity contribution in [2.75, 3.05) is 19.6 Å². The van der Waals surface area contributed by atoms with Gasteiger partial charge in [-0.2, -0.15) is 0 Å². The van der Waals surface area contributed by atoms with Crippen LogP contribution < -0.4 is 0 Å². The van der Waals surface area contributed by atoms with Gasteiger partial charge in [-0.3, -0.25) is 0 Å². The first-order valence-corrected chi connectivity index (χ1v) is 9.10. The first-order chi connectivity index (χ1) is 11.3. The molecule has 23 heavy (non-hydrogen) atoms. The van der Waals surface area contributed by atoms with Crippen molar-refractivity contribution in [3.63, 3.8) is 0 Å². The predicted molar refractivity (Wildman–Crippen MR) is 92.2 cm³/mol. The summed E-state index contributed by atoms with van der Waals surface area (Å²) < 4.78 is 2.49. The summed E-state index contributed by atoms with van der Waals surface area (Å²) in [7, 11) is 0. The van der Waals surface area contributed by atoms with E-state index < -0.39 is 0 Å². The maximum absolute atomic E-state index is 4.76. The van der Waals surface area contributed by atoms with E-state index in [0.717, 1.165) is 30.7 Å². The van der Waals surface area contributed by atoms with Crippen molar-refractivity contribution in [3.05, 3.63) is 41.9 Å². The third-order valence-corrected chi connectivity index (χ3v) is 6.01. The van der Waals surface area contributed by atoms with Crippen LogP contribution in [0.2, 0.25) is 0 Å². The molecule has 3 heteroatoms. The molecule has 1 saturated heterocycles. The fourth-order valence-electron chi connectivity index (χ4n) is 4.49. The number of nitrogens with zero attached hydrogens (tertiary/aromatic N) is 3. The number of imidazole rings is 1. The van der Waals surface area contributed by atoms with Gasteiger partial charge in [0.1, 0.15) is 5.82 Å². The van der Waals surface area contributed by atoms with Crippen molar-refractivity contribution in [2.24, 2.45) is 17.8 Å². The van der Waals surface area contributed by atoms with Gasteiger partial charge in [-0.25, -0.2) is 4.98 Å². The van der Waals surface area contributed by atoms with Gasteiger partial charge >= 0.3 is 0 Å². The Morgan fingerprint density at radius 3 is 2.61 bits per heavy atom. The van der Waals surface area contributed by atoms with Crippen LogP contribution >= 0.6 is 0 Å². The average Bonchev–Trinajstić information content (AvgIpc) is 3.13. The van der Waals surface area contributed by atoms with E-state index in [1.54, 1.807) is 0 Å². The first-order valence-electron chi connectivity index (χ1n) is 9.10. The van der Waals surface area contributed by atoms with E-state index in [1.165, 1.54) is 55.1 Å². The molecule has 2 atom stereocenters. The third-order valence-electron chi connectivity index (χ3n) is 6.01. The Morgan fingerprint density at radius 1 is 1.04 bits per heavy atom. The summed E-state index contributed by atoms with van der Waals surface area (Å²) in [6.45, 7) is 7.25. The lowest BCUT2D eigenvalue weighted by atomic mass is 9.89. The zero-order valence-electron chi connectivity index (χ0n) is 13.9. The molecule has 1 aromatic carbocycles. The zero-order chi connectivity index (χ0) is 15.4. The quantitative estimate of drug-likeness (QED) is 0.867. The highest BCUT2D eigenvalue weighted by Crippen LogP contribution is 2.37. The van der Waals surface area contributed by atoms with Crippen LogP contribution in [0.3, 0.4) is 0 Å². The van der Waals surface area contributed by atoms with E-state index in [0.29, 0.717) is 0 Å². The van der Waals surface area contributed by atoms with Gasteiger partial charge in [0, 0.05) is 32.6 Å². The molecular formula is C20H25N3. The molecule has 3 nitrogen and oxygen atoms in total.